The number of pyridine rings is 1. The predicted octanol–water partition coefficient (Wildman–Crippen LogP) is 5.17. The van der Waals surface area contributed by atoms with E-state index >= 15 is 0 Å². The van der Waals surface area contributed by atoms with Crippen LogP contribution in [0.15, 0.2) is 66.7 Å². The molecule has 1 heterocycles. The Kier molecular flexibility index (Phi) is 6.85. The Morgan fingerprint density at radius 3 is 2.41 bits per heavy atom. The Hall–Kier alpha value is -3.34. The highest BCUT2D eigenvalue weighted by Crippen LogP contribution is 2.25. The number of ether oxygens (including phenoxy) is 1. The van der Waals surface area contributed by atoms with Gasteiger partial charge < -0.3 is 15.2 Å². The molecule has 5 nitrogen and oxygen atoms in total. The predicted molar refractivity (Wildman–Crippen MR) is 115 cm³/mol. The summed E-state index contributed by atoms with van der Waals surface area (Å²) in [5.74, 6) is -0.150. The zero-order valence-corrected chi connectivity index (χ0v) is 16.8. The van der Waals surface area contributed by atoms with Gasteiger partial charge in [-0.15, -0.1) is 0 Å². The fourth-order valence-electron chi connectivity index (χ4n) is 2.94. The third kappa shape index (κ3) is 6.07. The number of aryl methyl sites for hydroxylation is 1. The molecule has 0 atom stereocenters. The Balaban J connectivity index is 1.71. The van der Waals surface area contributed by atoms with Crippen LogP contribution in [-0.4, -0.2) is 22.2 Å². The Morgan fingerprint density at radius 1 is 1.03 bits per heavy atom. The Morgan fingerprint density at radius 2 is 1.76 bits per heavy atom. The Bertz CT molecular complexity index is 938. The number of carbonyl (C=O) groups is 1. The lowest BCUT2D eigenvalue weighted by molar-refractivity contribution is -0.136. The van der Waals surface area contributed by atoms with E-state index in [0.717, 1.165) is 28.1 Å². The number of carboxylic acids is 1. The number of aliphatic carboxylic acids is 1. The molecular weight excluding hydrogens is 364 g/mol. The molecule has 0 unspecified atom stereocenters. The van der Waals surface area contributed by atoms with E-state index in [2.05, 4.69) is 5.32 Å². The lowest BCUT2D eigenvalue weighted by Crippen LogP contribution is -2.11. The second-order valence-corrected chi connectivity index (χ2v) is 7.14. The van der Waals surface area contributed by atoms with Crippen LogP contribution in [0.3, 0.4) is 0 Å². The first-order valence-electron chi connectivity index (χ1n) is 9.78. The fourth-order valence-corrected chi connectivity index (χ4v) is 2.94. The van der Waals surface area contributed by atoms with Crippen LogP contribution in [0.2, 0.25) is 0 Å². The average molecular weight is 390 g/mol. The van der Waals surface area contributed by atoms with Crippen molar-refractivity contribution in [2.24, 2.45) is 0 Å². The molecule has 1 aromatic heterocycles. The van der Waals surface area contributed by atoms with Gasteiger partial charge in [-0.2, -0.15) is 0 Å². The maximum absolute atomic E-state index is 10.7. The van der Waals surface area contributed by atoms with E-state index in [-0.39, 0.29) is 12.5 Å². The molecule has 150 valence electrons. The molecule has 29 heavy (non-hydrogen) atoms. The lowest BCUT2D eigenvalue weighted by atomic mass is 10.1. The molecule has 5 heteroatoms. The molecule has 0 saturated carbocycles. The van der Waals surface area contributed by atoms with E-state index in [1.807, 2.05) is 80.6 Å². The van der Waals surface area contributed by atoms with Gasteiger partial charge in [0.05, 0.1) is 11.8 Å². The second kappa shape index (κ2) is 9.73. The van der Waals surface area contributed by atoms with E-state index in [1.54, 1.807) is 0 Å². The maximum Gasteiger partial charge on any atom is 0.303 e. The number of aromatic nitrogens is 1. The van der Waals surface area contributed by atoms with Gasteiger partial charge in [0.1, 0.15) is 0 Å². The summed E-state index contributed by atoms with van der Waals surface area (Å²) in [6, 6.07) is 21.9. The van der Waals surface area contributed by atoms with Gasteiger partial charge in [0.15, 0.2) is 0 Å². The van der Waals surface area contributed by atoms with Crippen molar-refractivity contribution in [1.29, 1.82) is 0 Å². The zero-order chi connectivity index (χ0) is 20.6. The van der Waals surface area contributed by atoms with Crippen LogP contribution in [0, 0.1) is 0 Å². The normalized spacial score (nSPS) is 10.7. The Labute approximate surface area is 171 Å². The number of nitrogens with zero attached hydrogens (tertiary/aromatic N) is 1. The van der Waals surface area contributed by atoms with Crippen molar-refractivity contribution in [2.45, 2.75) is 39.3 Å². The third-order valence-corrected chi connectivity index (χ3v) is 4.42. The van der Waals surface area contributed by atoms with Crippen molar-refractivity contribution in [1.82, 2.24) is 4.98 Å². The average Bonchev–Trinajstić information content (AvgIpc) is 2.72. The van der Waals surface area contributed by atoms with Gasteiger partial charge in [0.2, 0.25) is 5.88 Å². The molecule has 0 aliphatic heterocycles. The number of carboxylic acid groups (broad SMARTS) is 1. The van der Waals surface area contributed by atoms with E-state index < -0.39 is 5.97 Å². The zero-order valence-electron chi connectivity index (χ0n) is 16.8. The topological polar surface area (TPSA) is 71.5 Å². The third-order valence-electron chi connectivity index (χ3n) is 4.42. The van der Waals surface area contributed by atoms with Crippen LogP contribution in [0.1, 0.15) is 31.4 Å². The summed E-state index contributed by atoms with van der Waals surface area (Å²) < 4.78 is 5.96. The highest BCUT2D eigenvalue weighted by atomic mass is 16.5. The molecule has 3 rings (SSSR count). The van der Waals surface area contributed by atoms with Crippen LogP contribution in [0.4, 0.5) is 5.69 Å². The van der Waals surface area contributed by atoms with Crippen molar-refractivity contribution >= 4 is 11.7 Å². The molecule has 0 amide bonds. The minimum atomic E-state index is -0.781. The highest BCUT2D eigenvalue weighted by Gasteiger charge is 2.10. The summed E-state index contributed by atoms with van der Waals surface area (Å²) in [6.45, 7) is 4.56. The van der Waals surface area contributed by atoms with Crippen LogP contribution in [0.25, 0.3) is 11.3 Å². The number of benzene rings is 2. The highest BCUT2D eigenvalue weighted by molar-refractivity contribution is 5.67. The standard InChI is InChI=1S/C24H26N2O3/c1-17(2)29-24-20(11-14-22(26-24)19-6-4-3-5-7-19)16-25-21-12-8-18(9-13-21)10-15-23(27)28/h3-9,11-14,17,25H,10,15-16H2,1-2H3,(H,27,28). The first-order valence-corrected chi connectivity index (χ1v) is 9.78. The smallest absolute Gasteiger partial charge is 0.303 e. The molecule has 0 fully saturated rings. The van der Waals surface area contributed by atoms with Crippen LogP contribution in [0.5, 0.6) is 5.88 Å². The fraction of sp³-hybridized carbons (Fsp3) is 0.250. The maximum atomic E-state index is 10.7. The van der Waals surface area contributed by atoms with Gasteiger partial charge in [0, 0.05) is 29.8 Å². The molecular formula is C24H26N2O3. The first-order chi connectivity index (χ1) is 14.0. The lowest BCUT2D eigenvalue weighted by Gasteiger charge is -2.16. The van der Waals surface area contributed by atoms with Crippen LogP contribution in [-0.2, 0) is 17.8 Å². The number of rotatable bonds is 9. The molecule has 0 aliphatic carbocycles. The molecule has 3 aromatic rings. The van der Waals surface area contributed by atoms with E-state index in [9.17, 15) is 4.79 Å². The number of hydrogen-bond acceptors (Lipinski definition) is 4. The van der Waals surface area contributed by atoms with Gasteiger partial charge in [-0.05, 0) is 50.1 Å². The van der Waals surface area contributed by atoms with E-state index in [0.29, 0.717) is 18.8 Å². The summed E-state index contributed by atoms with van der Waals surface area (Å²) in [5, 5.41) is 12.2. The van der Waals surface area contributed by atoms with Gasteiger partial charge in [-0.1, -0.05) is 42.5 Å². The van der Waals surface area contributed by atoms with Gasteiger partial charge in [-0.25, -0.2) is 4.98 Å². The molecule has 2 N–H and O–H groups in total. The number of anilines is 1. The molecule has 0 spiro atoms. The largest absolute Gasteiger partial charge is 0.481 e. The number of nitrogens with one attached hydrogen (secondary N) is 1. The van der Waals surface area contributed by atoms with Crippen molar-refractivity contribution in [3.8, 4) is 17.1 Å². The van der Waals surface area contributed by atoms with Gasteiger partial charge in [-0.3, -0.25) is 4.79 Å². The molecule has 0 bridgehead atoms. The van der Waals surface area contributed by atoms with Crippen molar-refractivity contribution < 1.29 is 14.6 Å². The second-order valence-electron chi connectivity index (χ2n) is 7.14. The van der Waals surface area contributed by atoms with E-state index in [1.165, 1.54) is 0 Å². The van der Waals surface area contributed by atoms with Crippen molar-refractivity contribution in [3.05, 3.63) is 77.9 Å². The summed E-state index contributed by atoms with van der Waals surface area (Å²) >= 11 is 0. The summed E-state index contributed by atoms with van der Waals surface area (Å²) in [6.07, 6.45) is 0.704. The van der Waals surface area contributed by atoms with Gasteiger partial charge >= 0.3 is 5.97 Å². The summed E-state index contributed by atoms with van der Waals surface area (Å²) in [7, 11) is 0. The quantitative estimate of drug-likeness (QED) is 0.528. The van der Waals surface area contributed by atoms with Gasteiger partial charge in [0.25, 0.3) is 0 Å². The number of hydrogen-bond donors (Lipinski definition) is 2. The molecule has 0 aliphatic rings. The van der Waals surface area contributed by atoms with Crippen molar-refractivity contribution in [2.75, 3.05) is 5.32 Å². The molecule has 2 aromatic carbocycles. The first kappa shape index (κ1) is 20.4. The molecule has 0 radical (unpaired) electrons. The van der Waals surface area contributed by atoms with Crippen LogP contribution < -0.4 is 10.1 Å². The SMILES string of the molecule is CC(C)Oc1nc(-c2ccccc2)ccc1CNc1ccc(CCC(=O)O)cc1. The monoisotopic (exact) mass is 390 g/mol. The minimum Gasteiger partial charge on any atom is -0.481 e. The van der Waals surface area contributed by atoms with E-state index in [4.69, 9.17) is 14.8 Å². The summed E-state index contributed by atoms with van der Waals surface area (Å²) in [5.41, 5.74) is 4.89. The van der Waals surface area contributed by atoms with Crippen LogP contribution >= 0.6 is 0 Å². The molecule has 0 saturated heterocycles. The van der Waals surface area contributed by atoms with Crippen molar-refractivity contribution in [3.63, 3.8) is 0 Å². The minimum absolute atomic E-state index is 0.0285. The summed E-state index contributed by atoms with van der Waals surface area (Å²) in [4.78, 5) is 15.4.